The average molecular weight is 467 g/mol. The average Bonchev–Trinajstić information content (AvgIpc) is 3.55. The summed E-state index contributed by atoms with van der Waals surface area (Å²) in [5.74, 6) is -1.32. The first kappa shape index (κ1) is 22.5. The fourth-order valence-electron chi connectivity index (χ4n) is 4.90. The van der Waals surface area contributed by atoms with E-state index in [0.717, 1.165) is 12.8 Å². The molecule has 4 heterocycles. The molecule has 2 amide bonds. The summed E-state index contributed by atoms with van der Waals surface area (Å²) < 4.78 is 25.0. The maximum absolute atomic E-state index is 13.7. The third-order valence-corrected chi connectivity index (χ3v) is 6.69. The molecular weight excluding hydrogens is 441 g/mol. The summed E-state index contributed by atoms with van der Waals surface area (Å²) in [5, 5.41) is 5.51. The maximum Gasteiger partial charge on any atom is 0.256 e. The van der Waals surface area contributed by atoms with Crippen molar-refractivity contribution in [2.75, 3.05) is 18.5 Å². The monoisotopic (exact) mass is 467 g/mol. The summed E-state index contributed by atoms with van der Waals surface area (Å²) in [6, 6.07) is 3.39. The molecule has 2 unspecified atom stereocenters. The zero-order valence-electron chi connectivity index (χ0n) is 19.0. The Kier molecular flexibility index (Phi) is 5.83. The van der Waals surface area contributed by atoms with E-state index in [9.17, 15) is 18.8 Å². The van der Waals surface area contributed by atoms with E-state index >= 15 is 0 Å². The molecule has 2 fully saturated rings. The molecule has 1 aromatic heterocycles. The number of aromatic amines is 1. The number of amides is 2. The Hall–Kier alpha value is -3.30. The zero-order chi connectivity index (χ0) is 24.0. The van der Waals surface area contributed by atoms with Gasteiger partial charge in [0.1, 0.15) is 18.0 Å². The lowest BCUT2D eigenvalue weighted by Gasteiger charge is -2.14. The highest BCUT2D eigenvalue weighted by Gasteiger charge is 2.39. The van der Waals surface area contributed by atoms with Crippen molar-refractivity contribution < 1.29 is 28.2 Å². The topological polar surface area (TPSA) is 110 Å². The molecule has 34 heavy (non-hydrogen) atoms. The molecule has 3 N–H and O–H groups in total. The van der Waals surface area contributed by atoms with Gasteiger partial charge in [-0.1, -0.05) is 0 Å². The Balaban J connectivity index is 1.33. The summed E-state index contributed by atoms with van der Waals surface area (Å²) in [4.78, 5) is 41.4. The van der Waals surface area contributed by atoms with Crippen LogP contribution in [0.2, 0.25) is 0 Å². The van der Waals surface area contributed by atoms with Gasteiger partial charge in [-0.25, -0.2) is 4.39 Å². The van der Waals surface area contributed by atoms with Crippen LogP contribution >= 0.6 is 0 Å². The molecule has 0 saturated carbocycles. The predicted octanol–water partition coefficient (Wildman–Crippen LogP) is 2.90. The van der Waals surface area contributed by atoms with Crippen molar-refractivity contribution in [1.82, 2.24) is 10.3 Å². The number of halogens is 1. The van der Waals surface area contributed by atoms with Gasteiger partial charge in [0.15, 0.2) is 5.78 Å². The third kappa shape index (κ3) is 4.05. The first-order valence-electron chi connectivity index (χ1n) is 11.4. The highest BCUT2D eigenvalue weighted by molar-refractivity contribution is 6.34. The number of hydrogen-bond acceptors (Lipinski definition) is 5. The molecule has 8 nitrogen and oxygen atoms in total. The van der Waals surface area contributed by atoms with Crippen molar-refractivity contribution in [3.8, 4) is 0 Å². The largest absolute Gasteiger partial charge is 0.378 e. The summed E-state index contributed by atoms with van der Waals surface area (Å²) >= 11 is 0. The molecule has 0 aliphatic carbocycles. The number of fused-ring (bicyclic) bond motifs is 1. The number of anilines is 1. The molecule has 5 rings (SSSR count). The van der Waals surface area contributed by atoms with Gasteiger partial charge in [-0.15, -0.1) is 0 Å². The molecule has 2 aromatic rings. The minimum absolute atomic E-state index is 0.0274. The molecule has 1 aromatic carbocycles. The van der Waals surface area contributed by atoms with Crippen LogP contribution in [-0.2, 0) is 19.1 Å². The summed E-state index contributed by atoms with van der Waals surface area (Å²) in [5.41, 5.74) is 3.50. The number of carbonyl (C=O) groups is 3. The number of aromatic nitrogens is 1. The van der Waals surface area contributed by atoms with Crippen LogP contribution in [0.15, 0.2) is 18.2 Å². The lowest BCUT2D eigenvalue weighted by molar-refractivity contribution is -0.124. The van der Waals surface area contributed by atoms with Crippen LogP contribution in [0, 0.1) is 19.7 Å². The Morgan fingerprint density at radius 1 is 1.26 bits per heavy atom. The number of carbonyl (C=O) groups excluding carboxylic acids is 3. The number of hydrogen-bond donors (Lipinski definition) is 3. The van der Waals surface area contributed by atoms with Crippen LogP contribution in [0.5, 0.6) is 0 Å². The molecule has 0 bridgehead atoms. The van der Waals surface area contributed by atoms with E-state index in [1.807, 2.05) is 0 Å². The van der Waals surface area contributed by atoms with Crippen molar-refractivity contribution in [2.24, 2.45) is 0 Å². The van der Waals surface area contributed by atoms with Crippen molar-refractivity contribution in [3.63, 3.8) is 0 Å². The lowest BCUT2D eigenvalue weighted by Crippen LogP contribution is -2.42. The van der Waals surface area contributed by atoms with Crippen molar-refractivity contribution in [3.05, 3.63) is 52.1 Å². The number of aryl methyl sites for hydroxylation is 1. The predicted molar refractivity (Wildman–Crippen MR) is 123 cm³/mol. The minimum Gasteiger partial charge on any atom is -0.378 e. The molecule has 3 aliphatic rings. The standard InChI is InChI=1S/C25H26FN3O5/c1-12-19(10-17-16-8-14(26)5-6-18(16)28-24(17)31)27-13(2)22(12)25(32)29-20-11-34-21(23(20)30)9-15-4-3-7-33-15/h5-6,8,10,15,20-21,27H,3-4,7,9,11H2,1-2H3,(H,28,31)(H,29,32)/b17-10-/t15?,20-,21?/m1/s1. The second kappa shape index (κ2) is 8.81. The molecule has 0 spiro atoms. The van der Waals surface area contributed by atoms with Gasteiger partial charge in [0.05, 0.1) is 23.8 Å². The number of Topliss-reactive ketones (excluding diaryl/α,β-unsaturated/α-hetero) is 1. The van der Waals surface area contributed by atoms with Gasteiger partial charge in [0.2, 0.25) is 0 Å². The smallest absolute Gasteiger partial charge is 0.256 e. The molecule has 178 valence electrons. The Labute approximate surface area is 195 Å². The van der Waals surface area contributed by atoms with E-state index in [-0.39, 0.29) is 24.4 Å². The lowest BCUT2D eigenvalue weighted by atomic mass is 10.0. The van der Waals surface area contributed by atoms with E-state index in [4.69, 9.17) is 9.47 Å². The summed E-state index contributed by atoms with van der Waals surface area (Å²) in [6.07, 6.45) is 3.48. The first-order valence-corrected chi connectivity index (χ1v) is 11.4. The molecule has 0 radical (unpaired) electrons. The second-order valence-electron chi connectivity index (χ2n) is 8.99. The number of H-pyrrole nitrogens is 1. The first-order chi connectivity index (χ1) is 16.3. The number of nitrogens with one attached hydrogen (secondary N) is 3. The van der Waals surface area contributed by atoms with E-state index in [2.05, 4.69) is 15.6 Å². The number of benzene rings is 1. The highest BCUT2D eigenvalue weighted by Crippen LogP contribution is 2.34. The number of ether oxygens (including phenoxy) is 2. The second-order valence-corrected chi connectivity index (χ2v) is 8.99. The summed E-state index contributed by atoms with van der Waals surface area (Å²) in [6.45, 7) is 4.35. The van der Waals surface area contributed by atoms with E-state index < -0.39 is 23.9 Å². The van der Waals surface area contributed by atoms with Crippen LogP contribution in [0.25, 0.3) is 11.6 Å². The fraction of sp³-hybridized carbons (Fsp3) is 0.400. The normalized spacial score (nSPS) is 25.1. The van der Waals surface area contributed by atoms with E-state index in [0.29, 0.717) is 52.4 Å². The Morgan fingerprint density at radius 2 is 2.09 bits per heavy atom. The van der Waals surface area contributed by atoms with Gasteiger partial charge in [-0.2, -0.15) is 0 Å². The summed E-state index contributed by atoms with van der Waals surface area (Å²) in [7, 11) is 0. The van der Waals surface area contributed by atoms with Gasteiger partial charge in [0.25, 0.3) is 11.8 Å². The van der Waals surface area contributed by atoms with Gasteiger partial charge in [0, 0.05) is 35.7 Å². The van der Waals surface area contributed by atoms with Gasteiger partial charge in [-0.05, 0) is 56.5 Å². The minimum atomic E-state index is -0.718. The van der Waals surface area contributed by atoms with Crippen LogP contribution in [-0.4, -0.2) is 54.0 Å². The van der Waals surface area contributed by atoms with E-state index in [1.165, 1.54) is 18.2 Å². The number of rotatable bonds is 5. The zero-order valence-corrected chi connectivity index (χ0v) is 19.0. The molecule has 3 aliphatic heterocycles. The van der Waals surface area contributed by atoms with Gasteiger partial charge < -0.3 is 25.1 Å². The molecule has 2 saturated heterocycles. The van der Waals surface area contributed by atoms with Crippen LogP contribution in [0.1, 0.15) is 52.1 Å². The maximum atomic E-state index is 13.7. The van der Waals surface area contributed by atoms with Crippen LogP contribution in [0.3, 0.4) is 0 Å². The third-order valence-electron chi connectivity index (χ3n) is 6.69. The van der Waals surface area contributed by atoms with Crippen molar-refractivity contribution in [1.29, 1.82) is 0 Å². The SMILES string of the molecule is Cc1[nH]c(/C=C2\C(=O)Nc3ccc(F)cc32)c(C)c1C(=O)N[C@@H]1COC(CC2CCCO2)C1=O. The molecule has 9 heteroatoms. The Bertz CT molecular complexity index is 1210. The fourth-order valence-corrected chi connectivity index (χ4v) is 4.90. The quantitative estimate of drug-likeness (QED) is 0.586. The highest BCUT2D eigenvalue weighted by atomic mass is 19.1. The Morgan fingerprint density at radius 3 is 2.85 bits per heavy atom. The van der Waals surface area contributed by atoms with Crippen molar-refractivity contribution in [2.45, 2.75) is 51.4 Å². The molecular formula is C25H26FN3O5. The number of ketones is 1. The molecule has 3 atom stereocenters. The van der Waals surface area contributed by atoms with Gasteiger partial charge in [-0.3, -0.25) is 14.4 Å². The van der Waals surface area contributed by atoms with Crippen molar-refractivity contribution >= 4 is 34.9 Å². The van der Waals surface area contributed by atoms with Crippen LogP contribution < -0.4 is 10.6 Å². The van der Waals surface area contributed by atoms with Gasteiger partial charge >= 0.3 is 0 Å². The van der Waals surface area contributed by atoms with Crippen LogP contribution in [0.4, 0.5) is 10.1 Å². The van der Waals surface area contributed by atoms with E-state index in [1.54, 1.807) is 19.9 Å².